The number of amides is 1. The first-order valence-corrected chi connectivity index (χ1v) is 10.4. The number of benzene rings is 1. The van der Waals surface area contributed by atoms with Gasteiger partial charge in [-0.05, 0) is 70.0 Å². The monoisotopic (exact) mass is 428 g/mol. The zero-order valence-electron chi connectivity index (χ0n) is 17.6. The van der Waals surface area contributed by atoms with Crippen molar-refractivity contribution in [1.29, 1.82) is 0 Å². The van der Waals surface area contributed by atoms with Crippen LogP contribution in [-0.2, 0) is 4.74 Å². The van der Waals surface area contributed by atoms with E-state index < -0.39 is 5.60 Å². The molecule has 0 aliphatic carbocycles. The number of rotatable bonds is 2. The number of halogens is 1. The maximum Gasteiger partial charge on any atom is 0.410 e. The molecule has 2 aromatic heterocycles. The van der Waals surface area contributed by atoms with E-state index in [1.807, 2.05) is 52.0 Å². The van der Waals surface area contributed by atoms with Crippen LogP contribution in [0.1, 0.15) is 38.8 Å². The molecule has 1 atom stereocenters. The van der Waals surface area contributed by atoms with E-state index >= 15 is 0 Å². The Bertz CT molecular complexity index is 1180. The fraction of sp³-hybridized carbons (Fsp3) is 0.409. The molecule has 1 aliphatic heterocycles. The summed E-state index contributed by atoms with van der Waals surface area (Å²) in [6, 6.07) is 8.98. The molecule has 1 fully saturated rings. The van der Waals surface area contributed by atoms with Gasteiger partial charge < -0.3 is 9.64 Å². The van der Waals surface area contributed by atoms with Crippen LogP contribution in [0.4, 0.5) is 4.79 Å². The maximum absolute atomic E-state index is 13.5. The lowest BCUT2D eigenvalue weighted by Gasteiger charge is -2.24. The molecular formula is C22H25ClN4O3. The summed E-state index contributed by atoms with van der Waals surface area (Å²) in [5, 5.41) is 0.620. The highest BCUT2D eigenvalue weighted by Gasteiger charge is 2.33. The Morgan fingerprint density at radius 3 is 2.73 bits per heavy atom. The van der Waals surface area contributed by atoms with Crippen LogP contribution in [0.15, 0.2) is 41.3 Å². The van der Waals surface area contributed by atoms with E-state index in [1.165, 1.54) is 0 Å². The molecule has 158 valence electrons. The quantitative estimate of drug-likeness (QED) is 0.609. The third-order valence-corrected chi connectivity index (χ3v) is 5.45. The van der Waals surface area contributed by atoms with Crippen molar-refractivity contribution in [3.8, 4) is 5.69 Å². The van der Waals surface area contributed by atoms with E-state index in [0.29, 0.717) is 30.2 Å². The second-order valence-electron chi connectivity index (χ2n) is 8.63. The number of carbonyl (C=O) groups excluding carboxylic acids is 1. The van der Waals surface area contributed by atoms with Crippen molar-refractivity contribution in [2.45, 2.75) is 45.8 Å². The number of aromatic nitrogens is 3. The van der Waals surface area contributed by atoms with Gasteiger partial charge in [0.15, 0.2) is 5.65 Å². The topological polar surface area (TPSA) is 69.4 Å². The highest BCUT2D eigenvalue weighted by atomic mass is 35.5. The molecule has 30 heavy (non-hydrogen) atoms. The minimum atomic E-state index is -0.560. The average molecular weight is 429 g/mol. The van der Waals surface area contributed by atoms with Crippen LogP contribution in [0.3, 0.4) is 0 Å². The summed E-state index contributed by atoms with van der Waals surface area (Å²) in [7, 11) is 0. The number of pyridine rings is 1. The lowest BCUT2D eigenvalue weighted by molar-refractivity contribution is 0.0289. The zero-order chi connectivity index (χ0) is 21.6. The number of fused-ring (bicyclic) bond motifs is 1. The highest BCUT2D eigenvalue weighted by molar-refractivity contribution is 6.30. The fourth-order valence-electron chi connectivity index (χ4n) is 3.93. The largest absolute Gasteiger partial charge is 0.444 e. The van der Waals surface area contributed by atoms with Crippen LogP contribution in [0.2, 0.25) is 5.02 Å². The van der Waals surface area contributed by atoms with Gasteiger partial charge in [-0.2, -0.15) is 0 Å². The van der Waals surface area contributed by atoms with Crippen molar-refractivity contribution < 1.29 is 9.53 Å². The first-order chi connectivity index (χ1) is 14.2. The van der Waals surface area contributed by atoms with E-state index in [2.05, 4.69) is 4.98 Å². The molecule has 0 saturated carbocycles. The molecule has 0 bridgehead atoms. The van der Waals surface area contributed by atoms with E-state index in [0.717, 1.165) is 16.8 Å². The number of ether oxygens (including phenoxy) is 1. The molecule has 1 saturated heterocycles. The van der Waals surface area contributed by atoms with E-state index in [4.69, 9.17) is 16.3 Å². The first-order valence-electron chi connectivity index (χ1n) is 9.98. The molecule has 3 heterocycles. The third kappa shape index (κ3) is 3.69. The number of imidazole rings is 1. The number of hydrogen-bond acceptors (Lipinski definition) is 4. The first kappa shape index (κ1) is 20.5. The molecule has 0 spiro atoms. The number of carbonyl (C=O) groups is 1. The van der Waals surface area contributed by atoms with Crippen molar-refractivity contribution in [1.82, 2.24) is 19.0 Å². The Morgan fingerprint density at radius 2 is 2.03 bits per heavy atom. The Kier molecular flexibility index (Phi) is 5.10. The molecule has 7 nitrogen and oxygen atoms in total. The van der Waals surface area contributed by atoms with Crippen LogP contribution in [-0.4, -0.2) is 43.8 Å². The number of likely N-dealkylation sites (tertiary alicyclic amines) is 1. The second-order valence-corrected chi connectivity index (χ2v) is 9.07. The lowest BCUT2D eigenvalue weighted by atomic mass is 10.2. The molecule has 4 rings (SSSR count). The molecule has 1 amide bonds. The summed E-state index contributed by atoms with van der Waals surface area (Å²) >= 11 is 6.11. The van der Waals surface area contributed by atoms with Gasteiger partial charge in [-0.3, -0.25) is 9.13 Å². The predicted molar refractivity (Wildman–Crippen MR) is 117 cm³/mol. The van der Waals surface area contributed by atoms with Gasteiger partial charge in [0, 0.05) is 24.3 Å². The Balaban J connectivity index is 1.76. The van der Waals surface area contributed by atoms with Gasteiger partial charge in [0.05, 0.1) is 17.2 Å². The summed E-state index contributed by atoms with van der Waals surface area (Å²) < 4.78 is 8.86. The number of aryl methyl sites for hydroxylation is 1. The summed E-state index contributed by atoms with van der Waals surface area (Å²) in [6.07, 6.45) is 1.98. The van der Waals surface area contributed by atoms with Crippen molar-refractivity contribution in [2.75, 3.05) is 13.1 Å². The molecule has 0 unspecified atom stereocenters. The number of nitrogens with zero attached hydrogens (tertiary/aromatic N) is 4. The van der Waals surface area contributed by atoms with Gasteiger partial charge in [0.25, 0.3) is 0 Å². The van der Waals surface area contributed by atoms with Crippen LogP contribution >= 0.6 is 11.6 Å². The highest BCUT2D eigenvalue weighted by Crippen LogP contribution is 2.28. The fourth-order valence-corrected chi connectivity index (χ4v) is 4.15. The molecule has 0 radical (unpaired) electrons. The van der Waals surface area contributed by atoms with Gasteiger partial charge in [0.1, 0.15) is 5.60 Å². The van der Waals surface area contributed by atoms with E-state index in [9.17, 15) is 9.59 Å². The summed E-state index contributed by atoms with van der Waals surface area (Å²) in [5.74, 6) is 0. The normalized spacial score (nSPS) is 17.0. The molecule has 1 aliphatic rings. The standard InChI is InChI=1S/C22H25ClN4O3/c1-14-12-15(23)7-8-17(14)27-18-6-5-10-24-19(18)26(20(27)28)16-9-11-25(13-16)21(29)30-22(2,3)4/h5-8,10,12,16H,9,11,13H2,1-4H3/t16-/m0/s1. The average Bonchev–Trinajstić information content (AvgIpc) is 3.23. The van der Waals surface area contributed by atoms with Gasteiger partial charge >= 0.3 is 11.8 Å². The molecule has 8 heteroatoms. The summed E-state index contributed by atoms with van der Waals surface area (Å²) in [6.45, 7) is 8.39. The minimum Gasteiger partial charge on any atom is -0.444 e. The smallest absolute Gasteiger partial charge is 0.410 e. The van der Waals surface area contributed by atoms with Gasteiger partial charge in [0.2, 0.25) is 0 Å². The minimum absolute atomic E-state index is 0.170. The van der Waals surface area contributed by atoms with Crippen molar-refractivity contribution >= 4 is 28.9 Å². The SMILES string of the molecule is Cc1cc(Cl)ccc1-n1c(=O)n([C@H]2CCN(C(=O)OC(C)(C)C)C2)c2ncccc21. The van der Waals surface area contributed by atoms with Gasteiger partial charge in [-0.15, -0.1) is 0 Å². The van der Waals surface area contributed by atoms with Gasteiger partial charge in [-0.1, -0.05) is 11.6 Å². The van der Waals surface area contributed by atoms with Crippen molar-refractivity contribution in [3.05, 3.63) is 57.6 Å². The zero-order valence-corrected chi connectivity index (χ0v) is 18.3. The van der Waals surface area contributed by atoms with E-state index in [-0.39, 0.29) is 17.8 Å². The predicted octanol–water partition coefficient (Wildman–Crippen LogP) is 4.33. The Morgan fingerprint density at radius 1 is 1.27 bits per heavy atom. The van der Waals surface area contributed by atoms with Gasteiger partial charge in [-0.25, -0.2) is 14.6 Å². The van der Waals surface area contributed by atoms with Crippen LogP contribution in [0.5, 0.6) is 0 Å². The second kappa shape index (κ2) is 7.47. The van der Waals surface area contributed by atoms with Crippen LogP contribution in [0, 0.1) is 6.92 Å². The molecule has 0 N–H and O–H groups in total. The van der Waals surface area contributed by atoms with Crippen molar-refractivity contribution in [2.24, 2.45) is 0 Å². The Hall–Kier alpha value is -2.80. The van der Waals surface area contributed by atoms with Crippen molar-refractivity contribution in [3.63, 3.8) is 0 Å². The van der Waals surface area contributed by atoms with Crippen LogP contribution in [0.25, 0.3) is 16.9 Å². The van der Waals surface area contributed by atoms with E-state index in [1.54, 1.807) is 26.3 Å². The summed E-state index contributed by atoms with van der Waals surface area (Å²) in [4.78, 5) is 32.2. The molecular weight excluding hydrogens is 404 g/mol. The Labute approximate surface area is 179 Å². The summed E-state index contributed by atoms with van der Waals surface area (Å²) in [5.41, 5.74) is 2.26. The third-order valence-electron chi connectivity index (χ3n) is 5.21. The number of hydrogen-bond donors (Lipinski definition) is 0. The lowest BCUT2D eigenvalue weighted by Crippen LogP contribution is -2.36. The maximum atomic E-state index is 13.5. The van der Waals surface area contributed by atoms with Crippen LogP contribution < -0.4 is 5.69 Å². The molecule has 1 aromatic carbocycles. The molecule has 3 aromatic rings.